The Balaban J connectivity index is 1.39. The van der Waals surface area contributed by atoms with E-state index in [0.29, 0.717) is 22.9 Å². The van der Waals surface area contributed by atoms with Crippen LogP contribution in [0.4, 0.5) is 17.3 Å². The van der Waals surface area contributed by atoms with Gasteiger partial charge in [-0.1, -0.05) is 48.0 Å². The maximum atomic E-state index is 12.7. The molecule has 0 spiro atoms. The first-order chi connectivity index (χ1) is 14.7. The van der Waals surface area contributed by atoms with Gasteiger partial charge in [0.2, 0.25) is 0 Å². The average Bonchev–Trinajstić information content (AvgIpc) is 2.79. The molecule has 1 aromatic heterocycles. The highest BCUT2D eigenvalue weighted by atomic mass is 16.2. The molecule has 0 saturated heterocycles. The van der Waals surface area contributed by atoms with E-state index in [1.807, 2.05) is 36.4 Å². The number of carbonyl (C=O) groups excluding carboxylic acids is 1. The zero-order chi connectivity index (χ0) is 20.8. The minimum Gasteiger partial charge on any atom is -0.393 e. The largest absolute Gasteiger partial charge is 0.393 e. The summed E-state index contributed by atoms with van der Waals surface area (Å²) in [6.45, 7) is 0.759. The quantitative estimate of drug-likeness (QED) is 0.347. The molecule has 2 aromatic carbocycles. The SMILES string of the molecule is Nc1c(NCCC2=CCCCC2)ncnc1NNC(=O)c1cccc2ccccc12. The first-order valence-electron chi connectivity index (χ1n) is 10.3. The van der Waals surface area contributed by atoms with Crippen molar-refractivity contribution in [2.75, 3.05) is 23.0 Å². The molecule has 0 fully saturated rings. The fourth-order valence-electron chi connectivity index (χ4n) is 3.72. The number of hydrogen-bond donors (Lipinski definition) is 4. The number of rotatable bonds is 7. The van der Waals surface area contributed by atoms with Gasteiger partial charge >= 0.3 is 0 Å². The van der Waals surface area contributed by atoms with Crippen LogP contribution in [0.5, 0.6) is 0 Å². The van der Waals surface area contributed by atoms with Gasteiger partial charge in [0.05, 0.1) is 0 Å². The fourth-order valence-corrected chi connectivity index (χ4v) is 3.72. The van der Waals surface area contributed by atoms with Crippen molar-refractivity contribution in [3.05, 3.63) is 66.0 Å². The third-order valence-corrected chi connectivity index (χ3v) is 5.34. The minimum atomic E-state index is -0.261. The van der Waals surface area contributed by atoms with E-state index in [1.54, 1.807) is 6.07 Å². The lowest BCUT2D eigenvalue weighted by molar-refractivity contribution is 0.0964. The number of nitrogens with zero attached hydrogens (tertiary/aromatic N) is 2. The van der Waals surface area contributed by atoms with Crippen LogP contribution < -0.4 is 21.9 Å². The predicted molar refractivity (Wildman–Crippen MR) is 121 cm³/mol. The number of anilines is 3. The van der Waals surface area contributed by atoms with Crippen LogP contribution >= 0.6 is 0 Å². The summed E-state index contributed by atoms with van der Waals surface area (Å²) >= 11 is 0. The molecule has 1 amide bonds. The summed E-state index contributed by atoms with van der Waals surface area (Å²) in [5.74, 6) is 0.657. The van der Waals surface area contributed by atoms with Gasteiger partial charge in [-0.15, -0.1) is 0 Å². The van der Waals surface area contributed by atoms with Gasteiger partial charge in [0.1, 0.15) is 12.0 Å². The number of allylic oxidation sites excluding steroid dienone is 1. The molecule has 0 aliphatic heterocycles. The number of carbonyl (C=O) groups is 1. The van der Waals surface area contributed by atoms with Crippen molar-refractivity contribution in [1.29, 1.82) is 0 Å². The highest BCUT2D eigenvalue weighted by Crippen LogP contribution is 2.24. The summed E-state index contributed by atoms with van der Waals surface area (Å²) in [6, 6.07) is 13.4. The number of benzene rings is 2. The molecule has 1 heterocycles. The maximum Gasteiger partial charge on any atom is 0.270 e. The summed E-state index contributed by atoms with van der Waals surface area (Å²) in [5.41, 5.74) is 14.2. The topological polar surface area (TPSA) is 105 Å². The van der Waals surface area contributed by atoms with Crippen molar-refractivity contribution in [3.8, 4) is 0 Å². The Morgan fingerprint density at radius 1 is 1.03 bits per heavy atom. The van der Waals surface area contributed by atoms with Crippen molar-refractivity contribution >= 4 is 34.0 Å². The van der Waals surface area contributed by atoms with Gasteiger partial charge in [0, 0.05) is 12.1 Å². The number of fused-ring (bicyclic) bond motifs is 1. The van der Waals surface area contributed by atoms with E-state index in [2.05, 4.69) is 32.2 Å². The van der Waals surface area contributed by atoms with E-state index in [0.717, 1.165) is 23.7 Å². The Kier molecular flexibility index (Phi) is 6.08. The third-order valence-electron chi connectivity index (χ3n) is 5.34. The molecule has 0 bridgehead atoms. The number of aromatic nitrogens is 2. The predicted octanol–water partition coefficient (Wildman–Crippen LogP) is 4.27. The monoisotopic (exact) mass is 402 g/mol. The molecule has 1 aliphatic rings. The van der Waals surface area contributed by atoms with Crippen LogP contribution in [0, 0.1) is 0 Å². The summed E-state index contributed by atoms with van der Waals surface area (Å²) < 4.78 is 0. The molecule has 1 aliphatic carbocycles. The molecule has 3 aromatic rings. The molecule has 0 radical (unpaired) electrons. The van der Waals surface area contributed by atoms with Crippen LogP contribution in [0.3, 0.4) is 0 Å². The molecular formula is C23H26N6O. The highest BCUT2D eigenvalue weighted by Gasteiger charge is 2.12. The molecule has 154 valence electrons. The van der Waals surface area contributed by atoms with Crippen molar-refractivity contribution in [1.82, 2.24) is 15.4 Å². The maximum absolute atomic E-state index is 12.7. The van der Waals surface area contributed by atoms with Gasteiger partial charge < -0.3 is 11.1 Å². The van der Waals surface area contributed by atoms with E-state index in [-0.39, 0.29) is 5.91 Å². The van der Waals surface area contributed by atoms with Crippen molar-refractivity contribution < 1.29 is 4.79 Å². The second-order valence-corrected chi connectivity index (χ2v) is 7.38. The lowest BCUT2D eigenvalue weighted by Gasteiger charge is -2.15. The van der Waals surface area contributed by atoms with Gasteiger partial charge in [-0.05, 0) is 48.9 Å². The Morgan fingerprint density at radius 3 is 2.73 bits per heavy atom. The van der Waals surface area contributed by atoms with Crippen LogP contribution in [0.2, 0.25) is 0 Å². The summed E-state index contributed by atoms with van der Waals surface area (Å²) in [4.78, 5) is 21.1. The molecule has 5 N–H and O–H groups in total. The molecule has 7 nitrogen and oxygen atoms in total. The number of nitrogen functional groups attached to an aromatic ring is 1. The first kappa shape index (κ1) is 19.7. The van der Waals surface area contributed by atoms with E-state index < -0.39 is 0 Å². The van der Waals surface area contributed by atoms with E-state index in [1.165, 1.54) is 37.6 Å². The van der Waals surface area contributed by atoms with Crippen molar-refractivity contribution in [2.24, 2.45) is 0 Å². The zero-order valence-corrected chi connectivity index (χ0v) is 16.8. The number of amides is 1. The van der Waals surface area contributed by atoms with Gasteiger partial charge in [-0.2, -0.15) is 0 Å². The van der Waals surface area contributed by atoms with Gasteiger partial charge in [-0.3, -0.25) is 15.6 Å². The molecule has 4 rings (SSSR count). The number of nitrogens with one attached hydrogen (secondary N) is 3. The smallest absolute Gasteiger partial charge is 0.270 e. The third kappa shape index (κ3) is 4.51. The van der Waals surface area contributed by atoms with Gasteiger partial charge in [0.25, 0.3) is 5.91 Å². The summed E-state index contributed by atoms with van der Waals surface area (Å²) in [6.07, 6.45) is 9.64. The number of hydrazine groups is 1. The van der Waals surface area contributed by atoms with Gasteiger partial charge in [-0.25, -0.2) is 9.97 Å². The van der Waals surface area contributed by atoms with Crippen LogP contribution in [0.25, 0.3) is 10.8 Å². The van der Waals surface area contributed by atoms with Crippen molar-refractivity contribution in [2.45, 2.75) is 32.1 Å². The highest BCUT2D eigenvalue weighted by molar-refractivity contribution is 6.07. The van der Waals surface area contributed by atoms with Crippen molar-refractivity contribution in [3.63, 3.8) is 0 Å². The van der Waals surface area contributed by atoms with Gasteiger partial charge in [0.15, 0.2) is 11.6 Å². The second kappa shape index (κ2) is 9.26. The molecule has 0 unspecified atom stereocenters. The van der Waals surface area contributed by atoms with E-state index in [9.17, 15) is 4.79 Å². The lowest BCUT2D eigenvalue weighted by atomic mass is 9.97. The lowest BCUT2D eigenvalue weighted by Crippen LogP contribution is -2.30. The van der Waals surface area contributed by atoms with Crippen LogP contribution in [0.15, 0.2) is 60.4 Å². The number of nitrogens with two attached hydrogens (primary N) is 1. The standard InChI is InChI=1S/C23H26N6O/c24-20-21(25-14-13-16-7-2-1-3-8-16)26-15-27-22(20)28-29-23(30)19-12-6-10-17-9-4-5-11-18(17)19/h4-7,9-12,15H,1-3,8,13-14,24H2,(H,29,30)(H2,25,26,27,28). The normalized spacial score (nSPS) is 13.5. The second-order valence-electron chi connectivity index (χ2n) is 7.38. The molecular weight excluding hydrogens is 376 g/mol. The summed E-state index contributed by atoms with van der Waals surface area (Å²) in [5, 5.41) is 5.16. The Hall–Kier alpha value is -3.61. The fraction of sp³-hybridized carbons (Fsp3) is 0.261. The molecule has 30 heavy (non-hydrogen) atoms. The minimum absolute atomic E-state index is 0.261. The zero-order valence-electron chi connectivity index (χ0n) is 16.8. The van der Waals surface area contributed by atoms with Crippen LogP contribution in [-0.2, 0) is 0 Å². The van der Waals surface area contributed by atoms with Crippen LogP contribution in [-0.4, -0.2) is 22.4 Å². The molecule has 0 atom stereocenters. The Labute approximate surface area is 175 Å². The van der Waals surface area contributed by atoms with E-state index in [4.69, 9.17) is 5.73 Å². The van der Waals surface area contributed by atoms with Crippen LogP contribution in [0.1, 0.15) is 42.5 Å². The van der Waals surface area contributed by atoms with E-state index >= 15 is 0 Å². The molecule has 0 saturated carbocycles. The number of hydrogen-bond acceptors (Lipinski definition) is 6. The molecule has 7 heteroatoms. The summed E-state index contributed by atoms with van der Waals surface area (Å²) in [7, 11) is 0. The average molecular weight is 403 g/mol. The first-order valence-corrected chi connectivity index (χ1v) is 10.3. The Morgan fingerprint density at radius 2 is 1.87 bits per heavy atom. The Bertz CT molecular complexity index is 1070.